The molecule has 0 radical (unpaired) electrons. The molecule has 3 aromatic rings. The van der Waals surface area contributed by atoms with Crippen molar-refractivity contribution in [1.82, 2.24) is 10.6 Å². The van der Waals surface area contributed by atoms with Crippen LogP contribution in [0.15, 0.2) is 82.6 Å². The van der Waals surface area contributed by atoms with E-state index in [0.29, 0.717) is 30.0 Å². The minimum atomic E-state index is -0.277. The quantitative estimate of drug-likeness (QED) is 0.633. The zero-order valence-electron chi connectivity index (χ0n) is 16.2. The number of carbonyl (C=O) groups is 2. The fourth-order valence-electron chi connectivity index (χ4n) is 3.15. The first-order chi connectivity index (χ1) is 14.7. The number of amides is 2. The Kier molecular flexibility index (Phi) is 5.89. The lowest BCUT2D eigenvalue weighted by molar-refractivity contribution is -0.115. The lowest BCUT2D eigenvalue weighted by Gasteiger charge is -2.08. The molecule has 0 saturated heterocycles. The van der Waals surface area contributed by atoms with Gasteiger partial charge in [-0.2, -0.15) is 0 Å². The van der Waals surface area contributed by atoms with Gasteiger partial charge in [-0.1, -0.05) is 47.6 Å². The van der Waals surface area contributed by atoms with E-state index < -0.39 is 0 Å². The normalized spacial score (nSPS) is 15.2. The lowest BCUT2D eigenvalue weighted by atomic mass is 10.0. The maximum Gasteiger partial charge on any atom is 0.269 e. The molecule has 2 heterocycles. The zero-order chi connectivity index (χ0) is 20.8. The molecule has 1 aliphatic rings. The second-order valence-electron chi connectivity index (χ2n) is 6.89. The van der Waals surface area contributed by atoms with Gasteiger partial charge in [0.25, 0.3) is 11.8 Å². The second-order valence-corrected chi connectivity index (χ2v) is 6.89. The van der Waals surface area contributed by atoms with E-state index in [-0.39, 0.29) is 24.5 Å². The van der Waals surface area contributed by atoms with Crippen molar-refractivity contribution >= 4 is 17.5 Å². The van der Waals surface area contributed by atoms with Crippen LogP contribution in [0.3, 0.4) is 0 Å². The molecule has 0 bridgehead atoms. The number of hydrogen-bond donors (Lipinski definition) is 2. The average Bonchev–Trinajstić information content (AvgIpc) is 3.49. The van der Waals surface area contributed by atoms with Gasteiger partial charge in [0.05, 0.1) is 12.8 Å². The Balaban J connectivity index is 1.29. The molecule has 2 amide bonds. The molecule has 30 heavy (non-hydrogen) atoms. The van der Waals surface area contributed by atoms with Gasteiger partial charge in [0.2, 0.25) is 0 Å². The Morgan fingerprint density at radius 3 is 2.57 bits per heavy atom. The number of nitrogens with zero attached hydrogens (tertiary/aromatic N) is 1. The minimum Gasteiger partial charge on any atom is -0.467 e. The van der Waals surface area contributed by atoms with Gasteiger partial charge < -0.3 is 19.9 Å². The van der Waals surface area contributed by atoms with Gasteiger partial charge in [-0.15, -0.1) is 0 Å². The molecule has 2 aromatic carbocycles. The van der Waals surface area contributed by atoms with E-state index in [1.165, 1.54) is 0 Å². The smallest absolute Gasteiger partial charge is 0.269 e. The van der Waals surface area contributed by atoms with Crippen molar-refractivity contribution in [3.05, 3.63) is 95.4 Å². The van der Waals surface area contributed by atoms with Crippen molar-refractivity contribution in [2.45, 2.75) is 25.6 Å². The summed E-state index contributed by atoms with van der Waals surface area (Å²) >= 11 is 0. The fourth-order valence-corrected chi connectivity index (χ4v) is 3.15. The highest BCUT2D eigenvalue weighted by atomic mass is 16.6. The van der Waals surface area contributed by atoms with E-state index in [1.54, 1.807) is 36.6 Å². The van der Waals surface area contributed by atoms with Crippen LogP contribution in [-0.4, -0.2) is 17.5 Å². The van der Waals surface area contributed by atoms with E-state index in [4.69, 9.17) is 9.25 Å². The molecule has 0 aliphatic carbocycles. The van der Waals surface area contributed by atoms with Crippen LogP contribution < -0.4 is 10.6 Å². The van der Waals surface area contributed by atoms with E-state index >= 15 is 0 Å². The summed E-state index contributed by atoms with van der Waals surface area (Å²) in [5.41, 5.74) is 2.67. The van der Waals surface area contributed by atoms with Crippen LogP contribution in [-0.2, 0) is 22.7 Å². The predicted molar refractivity (Wildman–Crippen MR) is 110 cm³/mol. The lowest BCUT2D eigenvalue weighted by Crippen LogP contribution is -2.30. The van der Waals surface area contributed by atoms with Crippen LogP contribution in [0.2, 0.25) is 0 Å². The Morgan fingerprint density at radius 1 is 0.933 bits per heavy atom. The summed E-state index contributed by atoms with van der Waals surface area (Å²) in [5, 5.41) is 9.57. The molecule has 1 unspecified atom stereocenters. The summed E-state index contributed by atoms with van der Waals surface area (Å²) in [6.45, 7) is 0.600. The van der Waals surface area contributed by atoms with Crippen molar-refractivity contribution < 1.29 is 18.8 Å². The number of benzene rings is 2. The van der Waals surface area contributed by atoms with Crippen LogP contribution in [0.5, 0.6) is 0 Å². The van der Waals surface area contributed by atoms with Crippen LogP contribution in [0, 0.1) is 0 Å². The number of furan rings is 1. The van der Waals surface area contributed by atoms with Crippen LogP contribution in [0.25, 0.3) is 0 Å². The highest BCUT2D eigenvalue weighted by Crippen LogP contribution is 2.26. The van der Waals surface area contributed by atoms with Gasteiger partial charge in [0, 0.05) is 18.5 Å². The highest BCUT2D eigenvalue weighted by Gasteiger charge is 2.27. The first-order valence-corrected chi connectivity index (χ1v) is 9.64. The number of nitrogens with one attached hydrogen (secondary N) is 2. The Hall–Kier alpha value is -3.87. The van der Waals surface area contributed by atoms with E-state index in [2.05, 4.69) is 15.8 Å². The SMILES string of the molecule is O=C(NCc1cccc(C(=O)NCc2ccco2)c1)C1=NOC(c2ccccc2)C1. The summed E-state index contributed by atoms with van der Waals surface area (Å²) in [6, 6.07) is 20.3. The van der Waals surface area contributed by atoms with Crippen molar-refractivity contribution in [3.63, 3.8) is 0 Å². The molecule has 2 N–H and O–H groups in total. The maximum atomic E-state index is 12.4. The summed E-state index contributed by atoms with van der Waals surface area (Å²) < 4.78 is 5.21. The van der Waals surface area contributed by atoms with Crippen LogP contribution in [0.4, 0.5) is 0 Å². The van der Waals surface area contributed by atoms with Gasteiger partial charge in [-0.3, -0.25) is 9.59 Å². The van der Waals surface area contributed by atoms with Crippen molar-refractivity contribution in [1.29, 1.82) is 0 Å². The second kappa shape index (κ2) is 9.09. The first-order valence-electron chi connectivity index (χ1n) is 9.64. The van der Waals surface area contributed by atoms with Gasteiger partial charge in [-0.05, 0) is 35.4 Å². The van der Waals surface area contributed by atoms with Crippen molar-refractivity contribution in [2.24, 2.45) is 5.16 Å². The number of rotatable bonds is 7. The first kappa shape index (κ1) is 19.4. The molecular weight excluding hydrogens is 382 g/mol. The average molecular weight is 403 g/mol. The van der Waals surface area contributed by atoms with Crippen molar-refractivity contribution in [2.75, 3.05) is 0 Å². The molecular formula is C23H21N3O4. The Labute approximate surface area is 173 Å². The maximum absolute atomic E-state index is 12.4. The molecule has 152 valence electrons. The summed E-state index contributed by atoms with van der Waals surface area (Å²) in [6.07, 6.45) is 1.74. The number of oxime groups is 1. The third-order valence-electron chi connectivity index (χ3n) is 4.75. The number of carbonyl (C=O) groups excluding carboxylic acids is 2. The van der Waals surface area contributed by atoms with Crippen LogP contribution in [0.1, 0.15) is 39.8 Å². The van der Waals surface area contributed by atoms with E-state index in [9.17, 15) is 9.59 Å². The summed E-state index contributed by atoms with van der Waals surface area (Å²) in [4.78, 5) is 30.2. The molecule has 0 spiro atoms. The fraction of sp³-hybridized carbons (Fsp3) is 0.174. The number of hydrogen-bond acceptors (Lipinski definition) is 5. The minimum absolute atomic E-state index is 0.209. The van der Waals surface area contributed by atoms with Gasteiger partial charge >= 0.3 is 0 Å². The molecule has 7 nitrogen and oxygen atoms in total. The molecule has 0 saturated carbocycles. The molecule has 1 atom stereocenters. The Morgan fingerprint density at radius 2 is 1.77 bits per heavy atom. The monoisotopic (exact) mass is 403 g/mol. The van der Waals surface area contributed by atoms with E-state index in [1.807, 2.05) is 36.4 Å². The molecule has 4 rings (SSSR count). The summed E-state index contributed by atoms with van der Waals surface area (Å²) in [7, 11) is 0. The molecule has 1 aromatic heterocycles. The third kappa shape index (κ3) is 4.75. The third-order valence-corrected chi connectivity index (χ3v) is 4.75. The van der Waals surface area contributed by atoms with Gasteiger partial charge in [0.1, 0.15) is 11.5 Å². The molecule has 7 heteroatoms. The van der Waals surface area contributed by atoms with Gasteiger partial charge in [-0.25, -0.2) is 0 Å². The zero-order valence-corrected chi connectivity index (χ0v) is 16.2. The van der Waals surface area contributed by atoms with Crippen LogP contribution >= 0.6 is 0 Å². The standard InChI is InChI=1S/C23H21N3O4/c27-22(25-15-19-10-5-11-29-19)18-9-4-6-16(12-18)14-24-23(28)20-13-21(30-26-20)17-7-2-1-3-8-17/h1-12,21H,13-15H2,(H,24,28)(H,25,27). The molecule has 0 fully saturated rings. The van der Waals surface area contributed by atoms with Crippen molar-refractivity contribution in [3.8, 4) is 0 Å². The van der Waals surface area contributed by atoms with E-state index in [0.717, 1.165) is 11.1 Å². The topological polar surface area (TPSA) is 92.9 Å². The van der Waals surface area contributed by atoms with Gasteiger partial charge in [0.15, 0.2) is 6.10 Å². The largest absolute Gasteiger partial charge is 0.467 e. The highest BCUT2D eigenvalue weighted by molar-refractivity contribution is 6.39. The molecule has 1 aliphatic heterocycles. The predicted octanol–water partition coefficient (Wildman–Crippen LogP) is 3.34. The summed E-state index contributed by atoms with van der Waals surface area (Å²) in [5.74, 6) is 0.195. The Bertz CT molecular complexity index is 1050.